The number of hydrogen-bond donors (Lipinski definition) is 1. The molecule has 1 aliphatic carbocycles. The number of rotatable bonds is 5. The Kier molecular flexibility index (Phi) is 5.08. The van der Waals surface area contributed by atoms with E-state index in [1.165, 1.54) is 32.1 Å². The van der Waals surface area contributed by atoms with Crippen molar-refractivity contribution in [3.8, 4) is 11.5 Å². The van der Waals surface area contributed by atoms with Gasteiger partial charge in [0.25, 0.3) is 0 Å². The molecule has 1 aliphatic rings. The molecule has 0 amide bonds. The van der Waals surface area contributed by atoms with Crippen LogP contribution in [0.15, 0.2) is 18.2 Å². The minimum absolute atomic E-state index is 0.0211. The lowest BCUT2D eigenvalue weighted by Crippen LogP contribution is -2.17. The molecule has 2 N–H and O–H groups in total. The molecule has 106 valence electrons. The van der Waals surface area contributed by atoms with Gasteiger partial charge in [0, 0.05) is 17.7 Å². The van der Waals surface area contributed by atoms with Crippen LogP contribution < -0.4 is 15.2 Å². The molecule has 0 radical (unpaired) electrons. The molecule has 1 saturated carbocycles. The van der Waals surface area contributed by atoms with E-state index in [9.17, 15) is 0 Å². The summed E-state index contributed by atoms with van der Waals surface area (Å²) in [6, 6.07) is 5.86. The summed E-state index contributed by atoms with van der Waals surface area (Å²) >= 11 is 0. The summed E-state index contributed by atoms with van der Waals surface area (Å²) in [6.07, 6.45) is 6.63. The van der Waals surface area contributed by atoms with Crippen LogP contribution >= 0.6 is 0 Å². The molecule has 19 heavy (non-hydrogen) atoms. The van der Waals surface area contributed by atoms with Crippen molar-refractivity contribution >= 4 is 0 Å². The Morgan fingerprint density at radius 2 is 2.00 bits per heavy atom. The molecular formula is C16H25NO2. The summed E-state index contributed by atoms with van der Waals surface area (Å²) in [7, 11) is 1.67. The topological polar surface area (TPSA) is 44.5 Å². The molecule has 1 aromatic rings. The fourth-order valence-electron chi connectivity index (χ4n) is 2.70. The van der Waals surface area contributed by atoms with Gasteiger partial charge < -0.3 is 15.2 Å². The van der Waals surface area contributed by atoms with Gasteiger partial charge in [-0.25, -0.2) is 0 Å². The van der Waals surface area contributed by atoms with Crippen molar-refractivity contribution in [1.82, 2.24) is 0 Å². The SMILES string of the molecule is COc1ccc([C@@H](C)N)c(OCC2CCCCC2)c1. The first-order chi connectivity index (χ1) is 9.20. The zero-order valence-corrected chi connectivity index (χ0v) is 12.0. The van der Waals surface area contributed by atoms with Crippen molar-refractivity contribution in [2.45, 2.75) is 45.1 Å². The third-order valence-electron chi connectivity index (χ3n) is 3.91. The van der Waals surface area contributed by atoms with Gasteiger partial charge in [0.2, 0.25) is 0 Å². The van der Waals surface area contributed by atoms with Gasteiger partial charge in [-0.15, -0.1) is 0 Å². The first-order valence-corrected chi connectivity index (χ1v) is 7.27. The van der Waals surface area contributed by atoms with Gasteiger partial charge >= 0.3 is 0 Å². The Balaban J connectivity index is 2.03. The van der Waals surface area contributed by atoms with Crippen molar-refractivity contribution in [1.29, 1.82) is 0 Å². The summed E-state index contributed by atoms with van der Waals surface area (Å²) in [5, 5.41) is 0. The molecule has 1 atom stereocenters. The van der Waals surface area contributed by atoms with E-state index in [2.05, 4.69) is 0 Å². The average Bonchev–Trinajstić information content (AvgIpc) is 2.45. The number of benzene rings is 1. The molecule has 0 bridgehead atoms. The molecule has 0 aromatic heterocycles. The predicted octanol–water partition coefficient (Wildman–Crippen LogP) is 3.67. The van der Waals surface area contributed by atoms with Crippen molar-refractivity contribution < 1.29 is 9.47 Å². The van der Waals surface area contributed by atoms with E-state index in [1.54, 1.807) is 7.11 Å². The van der Waals surface area contributed by atoms with Gasteiger partial charge in [-0.1, -0.05) is 25.3 Å². The monoisotopic (exact) mass is 263 g/mol. The molecular weight excluding hydrogens is 238 g/mol. The number of ether oxygens (including phenoxy) is 2. The lowest BCUT2D eigenvalue weighted by molar-refractivity contribution is 0.206. The summed E-state index contributed by atoms with van der Waals surface area (Å²) < 4.78 is 11.3. The number of hydrogen-bond acceptors (Lipinski definition) is 3. The Morgan fingerprint density at radius 3 is 2.63 bits per heavy atom. The molecule has 3 heteroatoms. The molecule has 2 rings (SSSR count). The largest absolute Gasteiger partial charge is 0.497 e. The third kappa shape index (κ3) is 3.87. The standard InChI is InChI=1S/C16H25NO2/c1-12(17)15-9-8-14(18-2)10-16(15)19-11-13-6-4-3-5-7-13/h8-10,12-13H,3-7,11,17H2,1-2H3/t12-/m1/s1. The van der Waals surface area contributed by atoms with E-state index in [-0.39, 0.29) is 6.04 Å². The van der Waals surface area contributed by atoms with Crippen LogP contribution in [0.25, 0.3) is 0 Å². The summed E-state index contributed by atoms with van der Waals surface area (Å²) in [5.41, 5.74) is 7.05. The Bertz CT molecular complexity index is 398. The highest BCUT2D eigenvalue weighted by atomic mass is 16.5. The van der Waals surface area contributed by atoms with Gasteiger partial charge in [-0.05, 0) is 31.7 Å². The molecule has 3 nitrogen and oxygen atoms in total. The highest BCUT2D eigenvalue weighted by molar-refractivity contribution is 5.42. The van der Waals surface area contributed by atoms with Gasteiger partial charge in [-0.2, -0.15) is 0 Å². The van der Waals surface area contributed by atoms with Gasteiger partial charge in [0.1, 0.15) is 11.5 Å². The third-order valence-corrected chi connectivity index (χ3v) is 3.91. The summed E-state index contributed by atoms with van der Waals surface area (Å²) in [5.74, 6) is 2.39. The number of nitrogens with two attached hydrogens (primary N) is 1. The molecule has 0 saturated heterocycles. The van der Waals surface area contributed by atoms with Crippen LogP contribution in [0.3, 0.4) is 0 Å². The van der Waals surface area contributed by atoms with Crippen LogP contribution in [0, 0.1) is 5.92 Å². The predicted molar refractivity (Wildman–Crippen MR) is 77.7 cm³/mol. The smallest absolute Gasteiger partial charge is 0.127 e. The minimum Gasteiger partial charge on any atom is -0.497 e. The minimum atomic E-state index is -0.0211. The van der Waals surface area contributed by atoms with E-state index in [4.69, 9.17) is 15.2 Å². The fourth-order valence-corrected chi connectivity index (χ4v) is 2.70. The number of methoxy groups -OCH3 is 1. The second-order valence-corrected chi connectivity index (χ2v) is 5.51. The van der Waals surface area contributed by atoms with E-state index < -0.39 is 0 Å². The summed E-state index contributed by atoms with van der Waals surface area (Å²) in [4.78, 5) is 0. The van der Waals surface area contributed by atoms with E-state index in [0.29, 0.717) is 5.92 Å². The zero-order valence-electron chi connectivity index (χ0n) is 12.0. The highest BCUT2D eigenvalue weighted by Gasteiger charge is 2.16. The normalized spacial score (nSPS) is 18.1. The maximum atomic E-state index is 6.02. The molecule has 0 aliphatic heterocycles. The second-order valence-electron chi connectivity index (χ2n) is 5.51. The average molecular weight is 263 g/mol. The molecule has 0 heterocycles. The highest BCUT2D eigenvalue weighted by Crippen LogP contribution is 2.30. The molecule has 1 fully saturated rings. The van der Waals surface area contributed by atoms with Crippen LogP contribution in [0.5, 0.6) is 11.5 Å². The zero-order chi connectivity index (χ0) is 13.7. The Hall–Kier alpha value is -1.22. The first-order valence-electron chi connectivity index (χ1n) is 7.27. The summed E-state index contributed by atoms with van der Waals surface area (Å²) in [6.45, 7) is 2.78. The van der Waals surface area contributed by atoms with Crippen molar-refractivity contribution in [3.63, 3.8) is 0 Å². The Labute approximate surface area is 116 Å². The van der Waals surface area contributed by atoms with Crippen molar-refractivity contribution in [2.24, 2.45) is 11.7 Å². The fraction of sp³-hybridized carbons (Fsp3) is 0.625. The second kappa shape index (κ2) is 6.80. The van der Waals surface area contributed by atoms with E-state index in [0.717, 1.165) is 23.7 Å². The van der Waals surface area contributed by atoms with E-state index >= 15 is 0 Å². The molecule has 0 unspecified atom stereocenters. The molecule has 1 aromatic carbocycles. The van der Waals surface area contributed by atoms with Crippen LogP contribution in [0.1, 0.15) is 50.6 Å². The van der Waals surface area contributed by atoms with Crippen LogP contribution in [0.2, 0.25) is 0 Å². The molecule has 0 spiro atoms. The van der Waals surface area contributed by atoms with Crippen LogP contribution in [-0.2, 0) is 0 Å². The van der Waals surface area contributed by atoms with Crippen molar-refractivity contribution in [3.05, 3.63) is 23.8 Å². The lowest BCUT2D eigenvalue weighted by Gasteiger charge is -2.23. The quantitative estimate of drug-likeness (QED) is 0.881. The van der Waals surface area contributed by atoms with Crippen molar-refractivity contribution in [2.75, 3.05) is 13.7 Å². The van der Waals surface area contributed by atoms with Gasteiger partial charge in [0.05, 0.1) is 13.7 Å². The maximum absolute atomic E-state index is 6.02. The van der Waals surface area contributed by atoms with E-state index in [1.807, 2.05) is 25.1 Å². The van der Waals surface area contributed by atoms with Gasteiger partial charge in [-0.3, -0.25) is 0 Å². The van der Waals surface area contributed by atoms with Crippen LogP contribution in [-0.4, -0.2) is 13.7 Å². The van der Waals surface area contributed by atoms with Gasteiger partial charge in [0.15, 0.2) is 0 Å². The maximum Gasteiger partial charge on any atom is 0.127 e. The lowest BCUT2D eigenvalue weighted by atomic mass is 9.90. The van der Waals surface area contributed by atoms with Crippen LogP contribution in [0.4, 0.5) is 0 Å². The first kappa shape index (κ1) is 14.2. The Morgan fingerprint density at radius 1 is 1.26 bits per heavy atom.